The maximum Gasteiger partial charge on any atom is 0.455 e. The Hall–Kier alpha value is -4.96. The van der Waals surface area contributed by atoms with Crippen LogP contribution in [0.2, 0.25) is 11.4 Å². The van der Waals surface area contributed by atoms with Crippen molar-refractivity contribution in [2.24, 2.45) is 17.8 Å². The van der Waals surface area contributed by atoms with Gasteiger partial charge in [-0.05, 0) is 126 Å². The fourth-order valence-corrected chi connectivity index (χ4v) is 14.5. The van der Waals surface area contributed by atoms with Crippen LogP contribution in [0, 0.1) is 31.6 Å². The van der Waals surface area contributed by atoms with E-state index in [2.05, 4.69) is 20.8 Å². The standard InChI is InChI=1S/C48H50BF6NO6Si/c1-28(19-31-20-29(2)43(57)30(3)21-31)17-18-40-41-32(27-61-63(46(4,5)6,36-13-9-7-10-14-36)37-15-11-8-12-16-37)22-38-42(39(41)26-49(60)62-40)45(59)56(44(38)58)35-24-33(47(50,51)52)23-34(25-35)48(53,54)55/h7-16,19-21,23-25,38-40,42,57,60H,17-18,22,26-27H2,1-6H3/b28-19+/t38-,39+,40-,42-/m1/s1. The number of phenols is 1. The lowest BCUT2D eigenvalue weighted by atomic mass is 9.58. The molecular weight excluding hydrogens is 839 g/mol. The summed E-state index contributed by atoms with van der Waals surface area (Å²) < 4.78 is 98.0. The number of carbonyl (C=O) groups is 2. The van der Waals surface area contributed by atoms with Gasteiger partial charge in [-0.15, -0.1) is 0 Å². The van der Waals surface area contributed by atoms with E-state index in [9.17, 15) is 46.1 Å². The number of alkyl halides is 6. The number of halogens is 6. The van der Waals surface area contributed by atoms with Crippen LogP contribution in [0.25, 0.3) is 6.08 Å². The van der Waals surface area contributed by atoms with E-state index >= 15 is 0 Å². The normalized spacial score (nSPS) is 21.3. The maximum absolute atomic E-state index is 14.6. The third kappa shape index (κ3) is 8.94. The van der Waals surface area contributed by atoms with Gasteiger partial charge in [-0.25, -0.2) is 4.90 Å². The van der Waals surface area contributed by atoms with Crippen LogP contribution in [0.15, 0.2) is 108 Å². The van der Waals surface area contributed by atoms with Crippen LogP contribution >= 0.6 is 0 Å². The third-order valence-corrected chi connectivity index (χ3v) is 17.7. The molecule has 0 bridgehead atoms. The van der Waals surface area contributed by atoms with Crippen LogP contribution in [0.3, 0.4) is 0 Å². The quantitative estimate of drug-likeness (QED) is 0.0713. The molecule has 7 nitrogen and oxygen atoms in total. The maximum atomic E-state index is 14.6. The van der Waals surface area contributed by atoms with E-state index in [0.717, 1.165) is 21.5 Å². The summed E-state index contributed by atoms with van der Waals surface area (Å²) in [6, 6.07) is 24.2. The molecule has 4 aromatic carbocycles. The van der Waals surface area contributed by atoms with Gasteiger partial charge in [0.1, 0.15) is 5.75 Å². The Morgan fingerprint density at radius 3 is 1.89 bits per heavy atom. The van der Waals surface area contributed by atoms with Crippen LogP contribution in [-0.4, -0.2) is 50.1 Å². The largest absolute Gasteiger partial charge is 0.507 e. The van der Waals surface area contributed by atoms with E-state index in [1.165, 1.54) is 0 Å². The number of rotatable bonds is 10. The third-order valence-electron chi connectivity index (χ3n) is 12.7. The van der Waals surface area contributed by atoms with E-state index in [0.29, 0.717) is 52.1 Å². The predicted molar refractivity (Wildman–Crippen MR) is 233 cm³/mol. The highest BCUT2D eigenvalue weighted by molar-refractivity contribution is 6.99. The van der Waals surface area contributed by atoms with Gasteiger partial charge in [-0.2, -0.15) is 26.3 Å². The molecule has 2 fully saturated rings. The lowest BCUT2D eigenvalue weighted by molar-refractivity contribution is -0.143. The second kappa shape index (κ2) is 17.2. The van der Waals surface area contributed by atoms with E-state index in [4.69, 9.17) is 9.08 Å². The van der Waals surface area contributed by atoms with Gasteiger partial charge in [0.2, 0.25) is 11.8 Å². The summed E-state index contributed by atoms with van der Waals surface area (Å²) in [5.74, 6) is -4.86. The molecule has 0 unspecified atom stereocenters. The average molecular weight is 890 g/mol. The van der Waals surface area contributed by atoms with Crippen LogP contribution in [0.4, 0.5) is 32.0 Å². The number of benzene rings is 4. The van der Waals surface area contributed by atoms with Crippen molar-refractivity contribution in [2.45, 2.75) is 90.6 Å². The Balaban J connectivity index is 1.33. The molecule has 2 N–H and O–H groups in total. The summed E-state index contributed by atoms with van der Waals surface area (Å²) in [7, 11) is -4.62. The molecule has 2 aliphatic heterocycles. The molecule has 3 aliphatic rings. The van der Waals surface area contributed by atoms with Gasteiger partial charge in [-0.3, -0.25) is 9.59 Å². The number of phenolic OH excluding ortho intramolecular Hbond substituents is 1. The summed E-state index contributed by atoms with van der Waals surface area (Å²) in [5, 5.41) is 23.1. The Labute approximate surface area is 364 Å². The summed E-state index contributed by atoms with van der Waals surface area (Å²) >= 11 is 0. The first-order valence-corrected chi connectivity index (χ1v) is 22.9. The summed E-state index contributed by atoms with van der Waals surface area (Å²) in [6.45, 7) is 11.8. The van der Waals surface area contributed by atoms with Crippen molar-refractivity contribution in [3.8, 4) is 5.75 Å². The molecule has 332 valence electrons. The molecular formula is C48H50BF6NO6Si. The molecule has 0 spiro atoms. The van der Waals surface area contributed by atoms with Crippen molar-refractivity contribution >= 4 is 49.4 Å². The van der Waals surface area contributed by atoms with Gasteiger partial charge < -0.3 is 19.2 Å². The summed E-state index contributed by atoms with van der Waals surface area (Å²) in [4.78, 5) is 29.5. The van der Waals surface area contributed by atoms with Crippen LogP contribution in [0.5, 0.6) is 5.75 Å². The van der Waals surface area contributed by atoms with E-state index in [1.807, 2.05) is 99.6 Å². The van der Waals surface area contributed by atoms with E-state index in [-0.39, 0.29) is 31.2 Å². The number of anilines is 1. The number of aromatic hydroxyl groups is 1. The minimum Gasteiger partial charge on any atom is -0.507 e. The number of nitrogens with zero attached hydrogens (tertiary/aromatic N) is 1. The molecule has 7 rings (SSSR count). The molecule has 4 atom stereocenters. The summed E-state index contributed by atoms with van der Waals surface area (Å²) in [5.41, 5.74) is 0.417. The first-order chi connectivity index (χ1) is 29.5. The first-order valence-electron chi connectivity index (χ1n) is 21.0. The second-order valence-electron chi connectivity index (χ2n) is 18.1. The number of aryl methyl sites for hydroxylation is 2. The number of imide groups is 1. The SMILES string of the molecule is C/C(=C\c1cc(C)c(O)c(C)c1)CC[C@H]1OB(O)C[C@H]2C1=C(CO[Si](c1ccccc1)(c1ccccc1)C(C)(C)C)C[C@H]1C(=O)N(c3cc(C(F)(F)F)cc(C(F)(F)F)c3)C(=O)[C@H]12. The first kappa shape index (κ1) is 46.0. The Morgan fingerprint density at radius 1 is 0.841 bits per heavy atom. The number of hydrogen-bond acceptors (Lipinski definition) is 6. The fourth-order valence-electron chi connectivity index (χ4n) is 9.96. The molecule has 4 aromatic rings. The zero-order valence-corrected chi connectivity index (χ0v) is 36.9. The van der Waals surface area contributed by atoms with E-state index in [1.54, 1.807) is 0 Å². The van der Waals surface area contributed by atoms with Crippen LogP contribution in [-0.2, 0) is 31.0 Å². The predicted octanol–water partition coefficient (Wildman–Crippen LogP) is 9.81. The van der Waals surface area contributed by atoms with Crippen LogP contribution in [0.1, 0.15) is 74.8 Å². The highest BCUT2D eigenvalue weighted by atomic mass is 28.4. The minimum atomic E-state index is -5.21. The molecule has 63 heavy (non-hydrogen) atoms. The molecule has 0 saturated carbocycles. The number of fused-ring (bicyclic) bond motifs is 3. The Kier molecular flexibility index (Phi) is 12.6. The van der Waals surface area contributed by atoms with Gasteiger partial charge in [0.25, 0.3) is 8.32 Å². The molecule has 1 aliphatic carbocycles. The minimum absolute atomic E-state index is 0.0254. The van der Waals surface area contributed by atoms with Crippen molar-refractivity contribution in [2.75, 3.05) is 11.5 Å². The number of amides is 2. The van der Waals surface area contributed by atoms with Crippen molar-refractivity contribution in [1.29, 1.82) is 0 Å². The highest BCUT2D eigenvalue weighted by Crippen LogP contribution is 2.52. The molecule has 15 heteroatoms. The second-order valence-corrected chi connectivity index (χ2v) is 22.4. The lowest BCUT2D eigenvalue weighted by Crippen LogP contribution is -2.66. The highest BCUT2D eigenvalue weighted by Gasteiger charge is 2.59. The number of hydrogen-bond donors (Lipinski definition) is 2. The monoisotopic (exact) mass is 889 g/mol. The van der Waals surface area contributed by atoms with Crippen molar-refractivity contribution in [3.05, 3.63) is 136 Å². The molecule has 0 radical (unpaired) electrons. The van der Waals surface area contributed by atoms with Gasteiger partial charge in [-0.1, -0.05) is 93.1 Å². The lowest BCUT2D eigenvalue weighted by Gasteiger charge is -2.46. The Morgan fingerprint density at radius 2 is 1.38 bits per heavy atom. The number of allylic oxidation sites excluding steroid dienone is 1. The molecule has 2 saturated heterocycles. The van der Waals surface area contributed by atoms with Gasteiger partial charge in [0, 0.05) is 0 Å². The molecule has 2 heterocycles. The molecule has 2 amide bonds. The topological polar surface area (TPSA) is 96.3 Å². The summed E-state index contributed by atoms with van der Waals surface area (Å²) in [6.07, 6.45) is -8.64. The number of carbonyl (C=O) groups excluding carboxylic acids is 2. The fraction of sp³-hybridized carbons (Fsp3) is 0.375. The van der Waals surface area contributed by atoms with Gasteiger partial charge in [0.15, 0.2) is 0 Å². The van der Waals surface area contributed by atoms with Crippen molar-refractivity contribution < 1.29 is 55.1 Å². The van der Waals surface area contributed by atoms with Gasteiger partial charge >= 0.3 is 19.5 Å². The van der Waals surface area contributed by atoms with E-state index < -0.39 is 85.3 Å². The van der Waals surface area contributed by atoms with Gasteiger partial charge in [0.05, 0.1) is 41.4 Å². The zero-order valence-electron chi connectivity index (χ0n) is 35.9. The Bertz CT molecular complexity index is 2350. The van der Waals surface area contributed by atoms with Crippen LogP contribution < -0.4 is 15.3 Å². The zero-order chi connectivity index (χ0) is 45.8. The average Bonchev–Trinajstić information content (AvgIpc) is 3.46. The van der Waals surface area contributed by atoms with Crippen molar-refractivity contribution in [3.63, 3.8) is 0 Å². The smallest absolute Gasteiger partial charge is 0.455 e. The van der Waals surface area contributed by atoms with Crippen molar-refractivity contribution in [1.82, 2.24) is 0 Å². The molecule has 0 aromatic heterocycles.